The van der Waals surface area contributed by atoms with Crippen LogP contribution >= 0.6 is 15.9 Å². The van der Waals surface area contributed by atoms with Gasteiger partial charge in [0.1, 0.15) is 0 Å². The number of amides is 2. The second-order valence-electron chi connectivity index (χ2n) is 6.18. The van der Waals surface area contributed by atoms with Gasteiger partial charge in [0.05, 0.1) is 11.4 Å². The third kappa shape index (κ3) is 4.55. The number of rotatable bonds is 5. The van der Waals surface area contributed by atoms with Crippen LogP contribution in [0.25, 0.3) is 0 Å². The van der Waals surface area contributed by atoms with Gasteiger partial charge in [0.15, 0.2) is 0 Å². The first-order valence-corrected chi connectivity index (χ1v) is 10.4. The van der Waals surface area contributed by atoms with Gasteiger partial charge >= 0.3 is 0 Å². The molecule has 3 rings (SSSR count). The number of carbonyl (C=O) groups excluding carboxylic acids is 2. The Morgan fingerprint density at radius 3 is 2.59 bits per heavy atom. The zero-order valence-electron chi connectivity index (χ0n) is 14.5. The third-order valence-corrected chi connectivity index (χ3v) is 6.50. The van der Waals surface area contributed by atoms with Crippen LogP contribution in [0.3, 0.4) is 0 Å². The molecule has 0 aliphatic carbocycles. The number of sulfonamides is 1. The van der Waals surface area contributed by atoms with Gasteiger partial charge in [-0.05, 0) is 54.4 Å². The van der Waals surface area contributed by atoms with E-state index < -0.39 is 15.9 Å². The molecule has 2 aromatic carbocycles. The Morgan fingerprint density at radius 2 is 1.89 bits per heavy atom. The zero-order chi connectivity index (χ0) is 19.6. The SMILES string of the molecule is CN(CC(=O)Nc1ccc(Br)cc1)S(=O)(=O)c1ccc2c(c1)CCC(=O)N2. The molecule has 2 N–H and O–H groups in total. The van der Waals surface area contributed by atoms with Crippen LogP contribution in [0.1, 0.15) is 12.0 Å². The van der Waals surface area contributed by atoms with Crippen molar-refractivity contribution in [1.82, 2.24) is 4.31 Å². The standard InChI is InChI=1S/C18H18BrN3O4S/c1-22(11-18(24)20-14-5-3-13(19)4-6-14)27(25,26)15-7-8-16-12(10-15)2-9-17(23)21-16/h3-8,10H,2,9,11H2,1H3,(H,20,24)(H,21,23). The van der Waals surface area contributed by atoms with Crippen LogP contribution in [0.4, 0.5) is 11.4 Å². The lowest BCUT2D eigenvalue weighted by Crippen LogP contribution is -2.35. The number of benzene rings is 2. The Labute approximate surface area is 165 Å². The summed E-state index contributed by atoms with van der Waals surface area (Å²) in [5, 5.41) is 5.38. The van der Waals surface area contributed by atoms with Crippen molar-refractivity contribution in [3.8, 4) is 0 Å². The zero-order valence-corrected chi connectivity index (χ0v) is 16.9. The maximum Gasteiger partial charge on any atom is 0.243 e. The number of nitrogens with zero attached hydrogens (tertiary/aromatic N) is 1. The van der Waals surface area contributed by atoms with E-state index in [0.29, 0.717) is 24.2 Å². The lowest BCUT2D eigenvalue weighted by Gasteiger charge is -2.20. The summed E-state index contributed by atoms with van der Waals surface area (Å²) < 4.78 is 27.4. The average Bonchev–Trinajstić information content (AvgIpc) is 2.63. The summed E-state index contributed by atoms with van der Waals surface area (Å²) in [7, 11) is -2.47. The summed E-state index contributed by atoms with van der Waals surface area (Å²) in [6.45, 7) is -0.313. The molecule has 0 radical (unpaired) electrons. The van der Waals surface area contributed by atoms with E-state index >= 15 is 0 Å². The van der Waals surface area contributed by atoms with Crippen molar-refractivity contribution in [3.05, 3.63) is 52.5 Å². The van der Waals surface area contributed by atoms with Gasteiger partial charge in [-0.2, -0.15) is 4.31 Å². The Balaban J connectivity index is 1.71. The number of fused-ring (bicyclic) bond motifs is 1. The second-order valence-corrected chi connectivity index (χ2v) is 9.14. The summed E-state index contributed by atoms with van der Waals surface area (Å²) in [6, 6.07) is 11.6. The molecule has 0 saturated heterocycles. The predicted octanol–water partition coefficient (Wildman–Crippen LogP) is 2.59. The van der Waals surface area contributed by atoms with Crippen molar-refractivity contribution in [2.75, 3.05) is 24.2 Å². The molecule has 142 valence electrons. The van der Waals surface area contributed by atoms with Gasteiger partial charge in [0.25, 0.3) is 0 Å². The van der Waals surface area contributed by atoms with E-state index in [4.69, 9.17) is 0 Å². The highest BCUT2D eigenvalue weighted by atomic mass is 79.9. The highest BCUT2D eigenvalue weighted by Gasteiger charge is 2.25. The van der Waals surface area contributed by atoms with Crippen LogP contribution in [0.2, 0.25) is 0 Å². The minimum atomic E-state index is -3.83. The Morgan fingerprint density at radius 1 is 1.19 bits per heavy atom. The lowest BCUT2D eigenvalue weighted by atomic mass is 10.0. The fourth-order valence-corrected chi connectivity index (χ4v) is 4.16. The minimum Gasteiger partial charge on any atom is -0.326 e. The fraction of sp³-hybridized carbons (Fsp3) is 0.222. The molecule has 0 spiro atoms. The van der Waals surface area contributed by atoms with E-state index in [1.54, 1.807) is 36.4 Å². The van der Waals surface area contributed by atoms with Crippen molar-refractivity contribution in [1.29, 1.82) is 0 Å². The number of halogens is 1. The molecule has 2 amide bonds. The molecule has 0 fully saturated rings. The lowest BCUT2D eigenvalue weighted by molar-refractivity contribution is -0.117. The van der Waals surface area contributed by atoms with Crippen LogP contribution in [0, 0.1) is 0 Å². The predicted molar refractivity (Wildman–Crippen MR) is 106 cm³/mol. The van der Waals surface area contributed by atoms with Gasteiger partial charge in [-0.1, -0.05) is 15.9 Å². The molecule has 9 heteroatoms. The van der Waals surface area contributed by atoms with Crippen molar-refractivity contribution in [2.45, 2.75) is 17.7 Å². The fourth-order valence-electron chi connectivity index (χ4n) is 2.72. The highest BCUT2D eigenvalue weighted by Crippen LogP contribution is 2.26. The molecular formula is C18H18BrN3O4S. The molecule has 27 heavy (non-hydrogen) atoms. The molecule has 1 aliphatic rings. The largest absolute Gasteiger partial charge is 0.326 e. The third-order valence-electron chi connectivity index (χ3n) is 4.17. The smallest absolute Gasteiger partial charge is 0.243 e. The first-order chi connectivity index (χ1) is 12.8. The van der Waals surface area contributed by atoms with E-state index in [9.17, 15) is 18.0 Å². The van der Waals surface area contributed by atoms with Crippen LogP contribution in [0.15, 0.2) is 51.8 Å². The van der Waals surface area contributed by atoms with E-state index in [1.807, 2.05) is 0 Å². The number of likely N-dealkylation sites (N-methyl/N-ethyl adjacent to an activating group) is 1. The normalized spacial score (nSPS) is 13.8. The van der Waals surface area contributed by atoms with Crippen LogP contribution in [0.5, 0.6) is 0 Å². The van der Waals surface area contributed by atoms with Gasteiger partial charge in [0.2, 0.25) is 21.8 Å². The number of carbonyl (C=O) groups is 2. The van der Waals surface area contributed by atoms with Crippen molar-refractivity contribution in [3.63, 3.8) is 0 Å². The first-order valence-electron chi connectivity index (χ1n) is 8.20. The van der Waals surface area contributed by atoms with Crippen molar-refractivity contribution < 1.29 is 18.0 Å². The average molecular weight is 452 g/mol. The van der Waals surface area contributed by atoms with E-state index in [-0.39, 0.29) is 17.3 Å². The van der Waals surface area contributed by atoms with Crippen molar-refractivity contribution >= 4 is 49.1 Å². The summed E-state index contributed by atoms with van der Waals surface area (Å²) in [5.74, 6) is -0.520. The Kier molecular flexibility index (Phi) is 5.64. The number of aryl methyl sites for hydroxylation is 1. The number of hydrogen-bond acceptors (Lipinski definition) is 4. The molecule has 1 aliphatic heterocycles. The highest BCUT2D eigenvalue weighted by molar-refractivity contribution is 9.10. The second kappa shape index (κ2) is 7.79. The van der Waals surface area contributed by atoms with E-state index in [1.165, 1.54) is 13.1 Å². The van der Waals surface area contributed by atoms with E-state index in [2.05, 4.69) is 26.6 Å². The molecular weight excluding hydrogens is 434 g/mol. The maximum atomic E-state index is 12.8. The van der Waals surface area contributed by atoms with Gasteiger partial charge in [-0.25, -0.2) is 8.42 Å². The summed E-state index contributed by atoms with van der Waals surface area (Å²) in [6.07, 6.45) is 0.806. The Hall–Kier alpha value is -2.23. The van der Waals surface area contributed by atoms with Gasteiger partial charge in [-0.3, -0.25) is 9.59 Å². The molecule has 1 heterocycles. The van der Waals surface area contributed by atoms with E-state index in [0.717, 1.165) is 14.3 Å². The van der Waals surface area contributed by atoms with Gasteiger partial charge in [-0.15, -0.1) is 0 Å². The van der Waals surface area contributed by atoms with Crippen LogP contribution in [-0.4, -0.2) is 38.1 Å². The Bertz CT molecular complexity index is 990. The molecule has 2 aromatic rings. The van der Waals surface area contributed by atoms with Gasteiger partial charge in [0, 0.05) is 29.3 Å². The van der Waals surface area contributed by atoms with Crippen LogP contribution < -0.4 is 10.6 Å². The maximum absolute atomic E-state index is 12.8. The summed E-state index contributed by atoms with van der Waals surface area (Å²) >= 11 is 3.31. The summed E-state index contributed by atoms with van der Waals surface area (Å²) in [5.41, 5.74) is 1.97. The molecule has 0 bridgehead atoms. The first kappa shape index (κ1) is 19.5. The topological polar surface area (TPSA) is 95.6 Å². The molecule has 0 atom stereocenters. The monoisotopic (exact) mass is 451 g/mol. The van der Waals surface area contributed by atoms with Crippen LogP contribution in [-0.2, 0) is 26.0 Å². The molecule has 7 nitrogen and oxygen atoms in total. The minimum absolute atomic E-state index is 0.0835. The summed E-state index contributed by atoms with van der Waals surface area (Å²) in [4.78, 5) is 23.7. The number of nitrogens with one attached hydrogen (secondary N) is 2. The quantitative estimate of drug-likeness (QED) is 0.729. The molecule has 0 aromatic heterocycles. The number of anilines is 2. The number of hydrogen-bond donors (Lipinski definition) is 2. The molecule has 0 saturated carbocycles. The van der Waals surface area contributed by atoms with Gasteiger partial charge < -0.3 is 10.6 Å². The van der Waals surface area contributed by atoms with Crippen molar-refractivity contribution in [2.24, 2.45) is 0 Å². The molecule has 0 unspecified atom stereocenters.